The minimum Gasteiger partial charge on any atom is -0.338 e. The number of pyridine rings is 2. The summed E-state index contributed by atoms with van der Waals surface area (Å²) >= 11 is 0. The van der Waals surface area contributed by atoms with Gasteiger partial charge in [-0.2, -0.15) is 5.10 Å². The lowest BCUT2D eigenvalue weighted by molar-refractivity contribution is -0.0494. The van der Waals surface area contributed by atoms with E-state index in [0.29, 0.717) is 22.7 Å². The number of hydrogen-bond donors (Lipinski definition) is 1. The summed E-state index contributed by atoms with van der Waals surface area (Å²) in [5.41, 5.74) is 2.54. The van der Waals surface area contributed by atoms with Crippen LogP contribution in [0.2, 0.25) is 0 Å². The Morgan fingerprint density at radius 3 is 2.60 bits per heavy atom. The van der Waals surface area contributed by atoms with Crippen molar-refractivity contribution in [2.75, 3.05) is 13.1 Å². The van der Waals surface area contributed by atoms with Gasteiger partial charge in [0.05, 0.1) is 17.4 Å². The predicted octanol–water partition coefficient (Wildman–Crippen LogP) is 3.08. The number of aromatic nitrogens is 6. The van der Waals surface area contributed by atoms with Gasteiger partial charge in [-0.1, -0.05) is 0 Å². The molecule has 5 heterocycles. The van der Waals surface area contributed by atoms with Crippen LogP contribution in [0.1, 0.15) is 23.2 Å². The fraction of sp³-hybridized carbons (Fsp3) is 0.250. The number of amides is 1. The topological polar surface area (TPSA) is 92.6 Å². The second-order valence-corrected chi connectivity index (χ2v) is 7.21. The summed E-state index contributed by atoms with van der Waals surface area (Å²) in [5.74, 6) is -2.38. The molecule has 0 radical (unpaired) electrons. The number of nitrogens with one attached hydrogen (secondary N) is 1. The number of hydrogen-bond acceptors (Lipinski definition) is 5. The summed E-state index contributed by atoms with van der Waals surface area (Å²) < 4.78 is 28.6. The fourth-order valence-corrected chi connectivity index (χ4v) is 3.57. The number of rotatable bonds is 3. The predicted molar refractivity (Wildman–Crippen MR) is 104 cm³/mol. The molecule has 152 valence electrons. The first-order chi connectivity index (χ1) is 14.5. The van der Waals surface area contributed by atoms with Crippen LogP contribution in [0.5, 0.6) is 0 Å². The zero-order chi connectivity index (χ0) is 20.7. The first kappa shape index (κ1) is 18.3. The van der Waals surface area contributed by atoms with Crippen molar-refractivity contribution in [3.8, 4) is 17.2 Å². The Kier molecular flexibility index (Phi) is 4.27. The van der Waals surface area contributed by atoms with Crippen molar-refractivity contribution in [3.63, 3.8) is 0 Å². The van der Waals surface area contributed by atoms with Gasteiger partial charge in [0.2, 0.25) is 0 Å². The van der Waals surface area contributed by atoms with Gasteiger partial charge in [-0.25, -0.2) is 18.7 Å². The number of fused-ring (bicyclic) bond motifs is 1. The third kappa shape index (κ3) is 3.30. The standard InChI is InChI=1S/C20H17F2N7O/c21-20(22)4-7-28(8-5-20)19(30)14-9-13-3-6-29(18(13)24-10-14)15-1-2-16(23-11-15)17-25-12-26-27-17/h1-3,6,9-12H,4-5,7-8H2,(H,25,26,27). The minimum atomic E-state index is -2.69. The van der Waals surface area contributed by atoms with E-state index in [1.165, 1.54) is 17.4 Å². The molecular weight excluding hydrogens is 392 g/mol. The highest BCUT2D eigenvalue weighted by atomic mass is 19.3. The molecular formula is C20H17F2N7O. The largest absolute Gasteiger partial charge is 0.338 e. The second kappa shape index (κ2) is 6.97. The van der Waals surface area contributed by atoms with E-state index in [-0.39, 0.29) is 31.8 Å². The van der Waals surface area contributed by atoms with Crippen LogP contribution in [-0.2, 0) is 0 Å². The number of piperidine rings is 1. The molecule has 1 N–H and O–H groups in total. The maximum absolute atomic E-state index is 13.4. The first-order valence-electron chi connectivity index (χ1n) is 9.47. The van der Waals surface area contributed by atoms with Crippen LogP contribution in [0.4, 0.5) is 8.78 Å². The molecule has 1 aliphatic heterocycles. The van der Waals surface area contributed by atoms with E-state index in [1.807, 2.05) is 29.0 Å². The van der Waals surface area contributed by atoms with Gasteiger partial charge < -0.3 is 4.90 Å². The van der Waals surface area contributed by atoms with E-state index in [4.69, 9.17) is 0 Å². The second-order valence-electron chi connectivity index (χ2n) is 7.21. The Balaban J connectivity index is 1.39. The number of carbonyl (C=O) groups is 1. The average molecular weight is 409 g/mol. The molecule has 10 heteroatoms. The molecule has 0 bridgehead atoms. The van der Waals surface area contributed by atoms with Crippen molar-refractivity contribution < 1.29 is 13.6 Å². The van der Waals surface area contributed by atoms with E-state index in [0.717, 1.165) is 11.1 Å². The number of likely N-dealkylation sites (tertiary alicyclic amines) is 1. The SMILES string of the molecule is O=C(c1cnc2c(ccn2-c2ccc(-c3ncn[nH]3)nc2)c1)N1CCC(F)(F)CC1. The molecule has 30 heavy (non-hydrogen) atoms. The van der Waals surface area contributed by atoms with Crippen LogP contribution in [0.25, 0.3) is 28.2 Å². The number of H-pyrrole nitrogens is 1. The molecule has 0 spiro atoms. The summed E-state index contributed by atoms with van der Waals surface area (Å²) in [6.45, 7) is 0.0994. The van der Waals surface area contributed by atoms with E-state index in [1.54, 1.807) is 12.3 Å². The van der Waals surface area contributed by atoms with Gasteiger partial charge in [-0.05, 0) is 24.3 Å². The Labute approximate surface area is 169 Å². The van der Waals surface area contributed by atoms with Crippen LogP contribution in [0.3, 0.4) is 0 Å². The minimum absolute atomic E-state index is 0.0497. The first-order valence-corrected chi connectivity index (χ1v) is 9.47. The number of alkyl halides is 2. The lowest BCUT2D eigenvalue weighted by atomic mass is 10.1. The lowest BCUT2D eigenvalue weighted by Gasteiger charge is -2.31. The van der Waals surface area contributed by atoms with Gasteiger partial charge in [0.25, 0.3) is 11.8 Å². The smallest absolute Gasteiger partial charge is 0.255 e. The average Bonchev–Trinajstić information content (AvgIpc) is 3.43. The van der Waals surface area contributed by atoms with Crippen LogP contribution >= 0.6 is 0 Å². The Bertz CT molecular complexity index is 1190. The van der Waals surface area contributed by atoms with Crippen molar-refractivity contribution in [2.24, 2.45) is 0 Å². The van der Waals surface area contributed by atoms with Crippen LogP contribution in [0.15, 0.2) is 49.2 Å². The third-order valence-electron chi connectivity index (χ3n) is 5.24. The van der Waals surface area contributed by atoms with Crippen molar-refractivity contribution >= 4 is 16.9 Å². The van der Waals surface area contributed by atoms with Crippen LogP contribution < -0.4 is 0 Å². The fourth-order valence-electron chi connectivity index (χ4n) is 3.57. The molecule has 0 saturated carbocycles. The molecule has 5 rings (SSSR count). The molecule has 4 aromatic rings. The van der Waals surface area contributed by atoms with Crippen LogP contribution in [-0.4, -0.2) is 59.5 Å². The third-order valence-corrected chi connectivity index (χ3v) is 5.24. The highest BCUT2D eigenvalue weighted by molar-refractivity contribution is 5.97. The quantitative estimate of drug-likeness (QED) is 0.561. The molecule has 1 aliphatic rings. The summed E-state index contributed by atoms with van der Waals surface area (Å²) in [7, 11) is 0. The van der Waals surface area contributed by atoms with Gasteiger partial charge >= 0.3 is 0 Å². The molecule has 1 fully saturated rings. The monoisotopic (exact) mass is 409 g/mol. The van der Waals surface area contributed by atoms with E-state index < -0.39 is 5.92 Å². The van der Waals surface area contributed by atoms with Gasteiger partial charge in [0, 0.05) is 43.7 Å². The van der Waals surface area contributed by atoms with Gasteiger partial charge in [-0.3, -0.25) is 19.4 Å². The molecule has 1 amide bonds. The Morgan fingerprint density at radius 2 is 1.90 bits per heavy atom. The van der Waals surface area contributed by atoms with Gasteiger partial charge in [0.15, 0.2) is 5.82 Å². The maximum atomic E-state index is 13.4. The normalized spacial score (nSPS) is 16.1. The number of halogens is 2. The number of nitrogens with zero attached hydrogens (tertiary/aromatic N) is 6. The van der Waals surface area contributed by atoms with Crippen LogP contribution in [0, 0.1) is 0 Å². The maximum Gasteiger partial charge on any atom is 0.255 e. The lowest BCUT2D eigenvalue weighted by Crippen LogP contribution is -2.42. The molecule has 1 saturated heterocycles. The summed E-state index contributed by atoms with van der Waals surface area (Å²) in [6, 6.07) is 7.31. The van der Waals surface area contributed by atoms with Crippen molar-refractivity contribution in [2.45, 2.75) is 18.8 Å². The number of carbonyl (C=O) groups excluding carboxylic acids is 1. The van der Waals surface area contributed by atoms with Crippen molar-refractivity contribution in [1.82, 2.24) is 34.6 Å². The molecule has 4 aromatic heterocycles. The zero-order valence-corrected chi connectivity index (χ0v) is 15.8. The summed E-state index contributed by atoms with van der Waals surface area (Å²) in [4.78, 5) is 27.1. The van der Waals surface area contributed by atoms with E-state index in [2.05, 4.69) is 25.1 Å². The highest BCUT2D eigenvalue weighted by Crippen LogP contribution is 2.29. The molecule has 0 aromatic carbocycles. The Morgan fingerprint density at radius 1 is 1.07 bits per heavy atom. The number of aromatic amines is 1. The molecule has 0 unspecified atom stereocenters. The molecule has 0 aliphatic carbocycles. The zero-order valence-electron chi connectivity index (χ0n) is 15.8. The van der Waals surface area contributed by atoms with Crippen molar-refractivity contribution in [3.05, 3.63) is 54.7 Å². The van der Waals surface area contributed by atoms with E-state index >= 15 is 0 Å². The Hall–Kier alpha value is -3.69. The van der Waals surface area contributed by atoms with Gasteiger partial charge in [-0.15, -0.1) is 0 Å². The summed E-state index contributed by atoms with van der Waals surface area (Å²) in [5, 5.41) is 7.36. The van der Waals surface area contributed by atoms with E-state index in [9.17, 15) is 13.6 Å². The molecule has 0 atom stereocenters. The highest BCUT2D eigenvalue weighted by Gasteiger charge is 2.35. The van der Waals surface area contributed by atoms with Crippen molar-refractivity contribution in [1.29, 1.82) is 0 Å². The molecule has 8 nitrogen and oxygen atoms in total. The summed E-state index contributed by atoms with van der Waals surface area (Å²) in [6.07, 6.45) is 5.85. The van der Waals surface area contributed by atoms with Gasteiger partial charge in [0.1, 0.15) is 17.7 Å².